The van der Waals surface area contributed by atoms with E-state index >= 15 is 0 Å². The molecule has 0 fully saturated rings. The Kier molecular flexibility index (Phi) is 6.47. The smallest absolute Gasteiger partial charge is 0.0349 e. The van der Waals surface area contributed by atoms with E-state index in [0.29, 0.717) is 12.0 Å². The van der Waals surface area contributed by atoms with Gasteiger partial charge in [0.15, 0.2) is 0 Å². The Morgan fingerprint density at radius 2 is 1.67 bits per heavy atom. The zero-order chi connectivity index (χ0) is 15.1. The molecule has 2 aromatic carbocycles. The van der Waals surface area contributed by atoms with Crippen molar-refractivity contribution < 1.29 is 0 Å². The van der Waals surface area contributed by atoms with E-state index in [1.54, 1.807) is 0 Å². The molecule has 112 valence electrons. The number of benzene rings is 2. The Morgan fingerprint density at radius 3 is 2.33 bits per heavy atom. The van der Waals surface area contributed by atoms with E-state index in [-0.39, 0.29) is 0 Å². The average molecular weight is 346 g/mol. The number of halogens is 1. The Bertz CT molecular complexity index is 538. The molecule has 0 saturated carbocycles. The van der Waals surface area contributed by atoms with Gasteiger partial charge in [0.1, 0.15) is 0 Å². The van der Waals surface area contributed by atoms with Crippen LogP contribution in [0.2, 0.25) is 0 Å². The lowest BCUT2D eigenvalue weighted by Crippen LogP contribution is -2.28. The van der Waals surface area contributed by atoms with Crippen LogP contribution in [0.4, 0.5) is 0 Å². The van der Waals surface area contributed by atoms with Crippen LogP contribution in [0.15, 0.2) is 59.1 Å². The van der Waals surface area contributed by atoms with Crippen LogP contribution >= 0.6 is 15.9 Å². The van der Waals surface area contributed by atoms with Crippen LogP contribution in [0, 0.1) is 5.92 Å². The predicted octanol–water partition coefficient (Wildman–Crippen LogP) is 5.37. The van der Waals surface area contributed by atoms with Crippen LogP contribution < -0.4 is 5.32 Å². The minimum absolute atomic E-state index is 0.401. The minimum Gasteiger partial charge on any atom is -0.310 e. The van der Waals surface area contributed by atoms with Crippen LogP contribution in [-0.2, 0) is 6.42 Å². The van der Waals surface area contributed by atoms with Gasteiger partial charge < -0.3 is 5.32 Å². The second-order valence-corrected chi connectivity index (χ2v) is 6.47. The number of hydrogen-bond acceptors (Lipinski definition) is 1. The van der Waals surface area contributed by atoms with Crippen LogP contribution in [-0.4, -0.2) is 6.54 Å². The fourth-order valence-corrected chi connectivity index (χ4v) is 3.18. The lowest BCUT2D eigenvalue weighted by atomic mass is 9.89. The molecular weight excluding hydrogens is 322 g/mol. The molecular formula is C19H24BrN. The quantitative estimate of drug-likeness (QED) is 0.711. The SMILES string of the molecule is CCCNC(c1ccccc1)C(C)Cc1ccccc1Br. The molecule has 0 heterocycles. The first-order valence-electron chi connectivity index (χ1n) is 7.74. The molecule has 2 aromatic rings. The summed E-state index contributed by atoms with van der Waals surface area (Å²) in [6.07, 6.45) is 2.22. The standard InChI is InChI=1S/C19H24BrN/c1-3-13-21-19(16-9-5-4-6-10-16)15(2)14-17-11-7-8-12-18(17)20/h4-12,15,19,21H,3,13-14H2,1-2H3. The third-order valence-electron chi connectivity index (χ3n) is 3.84. The molecule has 0 amide bonds. The Labute approximate surface area is 136 Å². The maximum Gasteiger partial charge on any atom is 0.0349 e. The van der Waals surface area contributed by atoms with Gasteiger partial charge in [0.05, 0.1) is 0 Å². The van der Waals surface area contributed by atoms with E-state index < -0.39 is 0 Å². The molecule has 2 heteroatoms. The fourth-order valence-electron chi connectivity index (χ4n) is 2.74. The highest BCUT2D eigenvalue weighted by molar-refractivity contribution is 9.10. The van der Waals surface area contributed by atoms with Crippen molar-refractivity contribution in [1.82, 2.24) is 5.32 Å². The Balaban J connectivity index is 2.14. The summed E-state index contributed by atoms with van der Waals surface area (Å²) in [6, 6.07) is 19.7. The second-order valence-electron chi connectivity index (χ2n) is 5.62. The van der Waals surface area contributed by atoms with Crippen molar-refractivity contribution in [2.75, 3.05) is 6.54 Å². The van der Waals surface area contributed by atoms with E-state index in [0.717, 1.165) is 19.4 Å². The average Bonchev–Trinajstić information content (AvgIpc) is 2.51. The number of rotatable bonds is 7. The molecule has 0 radical (unpaired) electrons. The molecule has 0 spiro atoms. The van der Waals surface area contributed by atoms with Gasteiger partial charge in [0.25, 0.3) is 0 Å². The first-order chi connectivity index (χ1) is 10.2. The van der Waals surface area contributed by atoms with E-state index in [9.17, 15) is 0 Å². The number of hydrogen-bond donors (Lipinski definition) is 1. The maximum atomic E-state index is 3.71. The molecule has 1 nitrogen and oxygen atoms in total. The molecule has 0 aliphatic heterocycles. The molecule has 2 unspecified atom stereocenters. The Hall–Kier alpha value is -1.12. The minimum atomic E-state index is 0.401. The lowest BCUT2D eigenvalue weighted by Gasteiger charge is -2.26. The van der Waals surface area contributed by atoms with E-state index in [1.807, 2.05) is 0 Å². The molecule has 2 atom stereocenters. The van der Waals surface area contributed by atoms with Crippen LogP contribution in [0.5, 0.6) is 0 Å². The van der Waals surface area contributed by atoms with Crippen molar-refractivity contribution in [1.29, 1.82) is 0 Å². The van der Waals surface area contributed by atoms with Crippen LogP contribution in [0.25, 0.3) is 0 Å². The van der Waals surface area contributed by atoms with Gasteiger partial charge in [0, 0.05) is 10.5 Å². The summed E-state index contributed by atoms with van der Waals surface area (Å²) >= 11 is 3.66. The monoisotopic (exact) mass is 345 g/mol. The first-order valence-corrected chi connectivity index (χ1v) is 8.53. The maximum absolute atomic E-state index is 3.71. The highest BCUT2D eigenvalue weighted by atomic mass is 79.9. The Morgan fingerprint density at radius 1 is 1.00 bits per heavy atom. The number of nitrogens with one attached hydrogen (secondary N) is 1. The largest absolute Gasteiger partial charge is 0.310 e. The highest BCUT2D eigenvalue weighted by Crippen LogP contribution is 2.27. The van der Waals surface area contributed by atoms with E-state index in [2.05, 4.69) is 89.7 Å². The summed E-state index contributed by atoms with van der Waals surface area (Å²) in [7, 11) is 0. The zero-order valence-corrected chi connectivity index (χ0v) is 14.4. The van der Waals surface area contributed by atoms with Gasteiger partial charge in [-0.3, -0.25) is 0 Å². The van der Waals surface area contributed by atoms with Crippen molar-refractivity contribution in [3.05, 3.63) is 70.2 Å². The van der Waals surface area contributed by atoms with Gasteiger partial charge in [0.2, 0.25) is 0 Å². The lowest BCUT2D eigenvalue weighted by molar-refractivity contribution is 0.384. The van der Waals surface area contributed by atoms with Crippen LogP contribution in [0.3, 0.4) is 0 Å². The van der Waals surface area contributed by atoms with Gasteiger partial charge in [-0.2, -0.15) is 0 Å². The third-order valence-corrected chi connectivity index (χ3v) is 4.62. The van der Waals surface area contributed by atoms with Gasteiger partial charge in [-0.15, -0.1) is 0 Å². The second kappa shape index (κ2) is 8.35. The van der Waals surface area contributed by atoms with Crippen molar-refractivity contribution in [2.24, 2.45) is 5.92 Å². The highest BCUT2D eigenvalue weighted by Gasteiger charge is 2.19. The molecule has 1 N–H and O–H groups in total. The first kappa shape index (κ1) is 16.3. The summed E-state index contributed by atoms with van der Waals surface area (Å²) in [5.41, 5.74) is 2.76. The van der Waals surface area contributed by atoms with E-state index in [4.69, 9.17) is 0 Å². The summed E-state index contributed by atoms with van der Waals surface area (Å²) in [5.74, 6) is 0.539. The molecule has 0 aromatic heterocycles. The summed E-state index contributed by atoms with van der Waals surface area (Å²) in [4.78, 5) is 0. The molecule has 0 aliphatic rings. The summed E-state index contributed by atoms with van der Waals surface area (Å²) in [5, 5.41) is 3.71. The van der Waals surface area contributed by atoms with Gasteiger partial charge in [-0.05, 0) is 42.5 Å². The molecule has 0 bridgehead atoms. The molecule has 0 aliphatic carbocycles. The van der Waals surface area contributed by atoms with Crippen molar-refractivity contribution >= 4 is 15.9 Å². The third kappa shape index (κ3) is 4.69. The van der Waals surface area contributed by atoms with Gasteiger partial charge in [-0.1, -0.05) is 78.3 Å². The van der Waals surface area contributed by atoms with Gasteiger partial charge >= 0.3 is 0 Å². The normalized spacial score (nSPS) is 13.9. The predicted molar refractivity (Wildman–Crippen MR) is 94.5 cm³/mol. The zero-order valence-electron chi connectivity index (χ0n) is 12.9. The van der Waals surface area contributed by atoms with E-state index in [1.165, 1.54) is 15.6 Å². The topological polar surface area (TPSA) is 12.0 Å². The summed E-state index contributed by atoms with van der Waals surface area (Å²) in [6.45, 7) is 5.60. The fraction of sp³-hybridized carbons (Fsp3) is 0.368. The van der Waals surface area contributed by atoms with Crippen molar-refractivity contribution in [3.63, 3.8) is 0 Å². The molecule has 2 rings (SSSR count). The molecule has 0 saturated heterocycles. The van der Waals surface area contributed by atoms with Crippen LogP contribution in [0.1, 0.15) is 37.4 Å². The summed E-state index contributed by atoms with van der Waals surface area (Å²) < 4.78 is 1.21. The van der Waals surface area contributed by atoms with Crippen molar-refractivity contribution in [3.8, 4) is 0 Å². The van der Waals surface area contributed by atoms with Crippen molar-refractivity contribution in [2.45, 2.75) is 32.7 Å². The van der Waals surface area contributed by atoms with Gasteiger partial charge in [-0.25, -0.2) is 0 Å². The molecule has 21 heavy (non-hydrogen) atoms.